The first-order chi connectivity index (χ1) is 9.55. The maximum atomic E-state index is 9.87. The summed E-state index contributed by atoms with van der Waals surface area (Å²) in [5.41, 5.74) is 0.648. The lowest BCUT2D eigenvalue weighted by Gasteiger charge is -2.31. The molecule has 5 nitrogen and oxygen atoms in total. The zero-order chi connectivity index (χ0) is 15.2. The maximum absolute atomic E-state index is 9.87. The van der Waals surface area contributed by atoms with Gasteiger partial charge in [0.1, 0.15) is 0 Å². The number of ether oxygens (including phenoxy) is 2. The van der Waals surface area contributed by atoms with Gasteiger partial charge in [-0.2, -0.15) is 0 Å². The average Bonchev–Trinajstić information content (AvgIpc) is 2.50. The Balaban J connectivity index is 2.92. The van der Waals surface area contributed by atoms with Gasteiger partial charge in [0.05, 0.1) is 20.8 Å². The number of aliphatic hydroxyl groups is 1. The van der Waals surface area contributed by atoms with Crippen molar-refractivity contribution in [3.05, 3.63) is 17.7 Å². The predicted octanol–water partition coefficient (Wildman–Crippen LogP) is 2.05. The lowest BCUT2D eigenvalue weighted by atomic mass is 9.93. The summed E-state index contributed by atoms with van der Waals surface area (Å²) in [6, 6.07) is 3.52. The highest BCUT2D eigenvalue weighted by Gasteiger charge is 2.24. The van der Waals surface area contributed by atoms with Crippen LogP contribution in [0.2, 0.25) is 0 Å². The molecule has 0 aromatic heterocycles. The molecule has 0 aliphatic carbocycles. The molecule has 0 bridgehead atoms. The summed E-state index contributed by atoms with van der Waals surface area (Å²) in [6.07, 6.45) is 1.68. The molecule has 3 N–H and O–H groups in total. The zero-order valence-corrected chi connectivity index (χ0v) is 12.7. The van der Waals surface area contributed by atoms with Gasteiger partial charge in [0.2, 0.25) is 5.75 Å². The Labute approximate surface area is 120 Å². The van der Waals surface area contributed by atoms with Gasteiger partial charge in [-0.05, 0) is 30.5 Å². The fourth-order valence-corrected chi connectivity index (χ4v) is 2.12. The summed E-state index contributed by atoms with van der Waals surface area (Å²) in [4.78, 5) is 0. The summed E-state index contributed by atoms with van der Waals surface area (Å²) in [5.74, 6) is 0.755. The van der Waals surface area contributed by atoms with E-state index in [0.29, 0.717) is 18.0 Å². The Hall–Kier alpha value is -1.46. The highest BCUT2D eigenvalue weighted by molar-refractivity contribution is 5.52. The van der Waals surface area contributed by atoms with E-state index >= 15 is 0 Å². The van der Waals surface area contributed by atoms with Crippen LogP contribution in [-0.4, -0.2) is 36.6 Å². The van der Waals surface area contributed by atoms with Crippen LogP contribution in [0.1, 0.15) is 32.3 Å². The van der Waals surface area contributed by atoms with Crippen molar-refractivity contribution in [3.63, 3.8) is 0 Å². The number of nitrogens with one attached hydrogen (secondary N) is 1. The molecule has 1 aromatic carbocycles. The first-order valence-corrected chi connectivity index (χ1v) is 6.85. The van der Waals surface area contributed by atoms with Crippen molar-refractivity contribution in [3.8, 4) is 17.2 Å². The molecule has 0 saturated carbocycles. The number of hydrogen-bond donors (Lipinski definition) is 3. The Kier molecular flexibility index (Phi) is 6.10. The topological polar surface area (TPSA) is 71.0 Å². The second-order valence-corrected chi connectivity index (χ2v) is 4.85. The second kappa shape index (κ2) is 7.36. The minimum atomic E-state index is -0.279. The largest absolute Gasteiger partial charge is 0.502 e. The van der Waals surface area contributed by atoms with Gasteiger partial charge < -0.3 is 25.0 Å². The molecule has 0 aliphatic heterocycles. The van der Waals surface area contributed by atoms with E-state index in [1.165, 1.54) is 14.2 Å². The van der Waals surface area contributed by atoms with Crippen molar-refractivity contribution < 1.29 is 19.7 Å². The third-order valence-corrected chi connectivity index (χ3v) is 3.86. The van der Waals surface area contributed by atoms with Crippen molar-refractivity contribution in [1.29, 1.82) is 0 Å². The standard InChI is InChI=1S/C15H25NO4/c1-5-15(6-2,10-17)16-9-11-7-12(19-3)14(18)13(8-11)20-4/h7-8,16-18H,5-6,9-10H2,1-4H3. The molecule has 0 heterocycles. The van der Waals surface area contributed by atoms with Crippen molar-refractivity contribution in [2.24, 2.45) is 0 Å². The quantitative estimate of drug-likeness (QED) is 0.681. The Morgan fingerprint density at radius 2 is 1.60 bits per heavy atom. The molecule has 1 rings (SSSR count). The number of aromatic hydroxyl groups is 1. The second-order valence-electron chi connectivity index (χ2n) is 4.85. The molecule has 0 radical (unpaired) electrons. The third kappa shape index (κ3) is 3.55. The van der Waals surface area contributed by atoms with E-state index < -0.39 is 0 Å². The lowest BCUT2D eigenvalue weighted by molar-refractivity contribution is 0.149. The predicted molar refractivity (Wildman–Crippen MR) is 78.4 cm³/mol. The van der Waals surface area contributed by atoms with E-state index in [2.05, 4.69) is 5.32 Å². The van der Waals surface area contributed by atoms with Crippen molar-refractivity contribution in [2.45, 2.75) is 38.8 Å². The minimum Gasteiger partial charge on any atom is -0.502 e. The van der Waals surface area contributed by atoms with Gasteiger partial charge in [-0.3, -0.25) is 0 Å². The van der Waals surface area contributed by atoms with Gasteiger partial charge in [-0.15, -0.1) is 0 Å². The molecule has 0 atom stereocenters. The SMILES string of the molecule is CCC(CC)(CO)NCc1cc(OC)c(O)c(OC)c1. The number of hydrogen-bond acceptors (Lipinski definition) is 5. The zero-order valence-electron chi connectivity index (χ0n) is 12.7. The van der Waals surface area contributed by atoms with E-state index in [1.807, 2.05) is 13.8 Å². The van der Waals surface area contributed by atoms with Gasteiger partial charge in [0.15, 0.2) is 11.5 Å². The average molecular weight is 283 g/mol. The maximum Gasteiger partial charge on any atom is 0.200 e. The van der Waals surface area contributed by atoms with E-state index in [1.54, 1.807) is 12.1 Å². The van der Waals surface area contributed by atoms with Gasteiger partial charge in [0, 0.05) is 12.1 Å². The minimum absolute atomic E-state index is 0.00171. The van der Waals surface area contributed by atoms with Gasteiger partial charge >= 0.3 is 0 Å². The fourth-order valence-electron chi connectivity index (χ4n) is 2.12. The number of phenols is 1. The molecule has 5 heteroatoms. The summed E-state index contributed by atoms with van der Waals surface area (Å²) in [5, 5.41) is 22.8. The van der Waals surface area contributed by atoms with E-state index in [0.717, 1.165) is 18.4 Å². The van der Waals surface area contributed by atoms with E-state index in [4.69, 9.17) is 9.47 Å². The number of methoxy groups -OCH3 is 2. The van der Waals surface area contributed by atoms with Gasteiger partial charge in [-0.25, -0.2) is 0 Å². The molecule has 20 heavy (non-hydrogen) atoms. The summed E-state index contributed by atoms with van der Waals surface area (Å²) >= 11 is 0. The molecule has 0 fully saturated rings. The van der Waals surface area contributed by atoms with Crippen LogP contribution < -0.4 is 14.8 Å². The van der Waals surface area contributed by atoms with Gasteiger partial charge in [-0.1, -0.05) is 13.8 Å². The molecule has 0 saturated heterocycles. The van der Waals surface area contributed by atoms with Crippen molar-refractivity contribution in [2.75, 3.05) is 20.8 Å². The molecular formula is C15H25NO4. The number of benzene rings is 1. The van der Waals surface area contributed by atoms with Crippen molar-refractivity contribution >= 4 is 0 Å². The lowest BCUT2D eigenvalue weighted by Crippen LogP contribution is -2.47. The molecule has 0 spiro atoms. The molecular weight excluding hydrogens is 258 g/mol. The summed E-state index contributed by atoms with van der Waals surface area (Å²) < 4.78 is 10.3. The third-order valence-electron chi connectivity index (χ3n) is 3.86. The molecule has 1 aromatic rings. The van der Waals surface area contributed by atoms with Gasteiger partial charge in [0.25, 0.3) is 0 Å². The first kappa shape index (κ1) is 16.6. The van der Waals surface area contributed by atoms with Crippen LogP contribution in [0, 0.1) is 0 Å². The number of phenolic OH excluding ortho intramolecular Hbond substituents is 1. The summed E-state index contributed by atoms with van der Waals surface area (Å²) in [7, 11) is 3.00. The Morgan fingerprint density at radius 3 is 1.95 bits per heavy atom. The smallest absolute Gasteiger partial charge is 0.200 e. The molecule has 114 valence electrons. The normalized spacial score (nSPS) is 11.4. The highest BCUT2D eigenvalue weighted by Crippen LogP contribution is 2.37. The molecule has 0 unspecified atom stereocenters. The van der Waals surface area contributed by atoms with Crippen LogP contribution in [0.25, 0.3) is 0 Å². The van der Waals surface area contributed by atoms with Crippen molar-refractivity contribution in [1.82, 2.24) is 5.32 Å². The van der Waals surface area contributed by atoms with Crippen LogP contribution in [0.15, 0.2) is 12.1 Å². The highest BCUT2D eigenvalue weighted by atomic mass is 16.5. The van der Waals surface area contributed by atoms with E-state index in [9.17, 15) is 10.2 Å². The Bertz CT molecular complexity index is 397. The number of rotatable bonds is 8. The Morgan fingerprint density at radius 1 is 1.10 bits per heavy atom. The van der Waals surface area contributed by atoms with Crippen LogP contribution >= 0.6 is 0 Å². The van der Waals surface area contributed by atoms with E-state index in [-0.39, 0.29) is 17.9 Å². The number of aliphatic hydroxyl groups excluding tert-OH is 1. The van der Waals surface area contributed by atoms with Crippen LogP contribution in [0.3, 0.4) is 0 Å². The van der Waals surface area contributed by atoms with Crippen LogP contribution in [-0.2, 0) is 6.54 Å². The fraction of sp³-hybridized carbons (Fsp3) is 0.600. The van der Waals surface area contributed by atoms with Crippen LogP contribution in [0.4, 0.5) is 0 Å². The van der Waals surface area contributed by atoms with Crippen LogP contribution in [0.5, 0.6) is 17.2 Å². The monoisotopic (exact) mass is 283 g/mol. The summed E-state index contributed by atoms with van der Waals surface area (Å²) in [6.45, 7) is 4.75. The first-order valence-electron chi connectivity index (χ1n) is 6.85. The molecule has 0 aliphatic rings. The molecule has 0 amide bonds.